The van der Waals surface area contributed by atoms with E-state index < -0.39 is 16.1 Å². The van der Waals surface area contributed by atoms with Gasteiger partial charge in [-0.05, 0) is 49.6 Å². The van der Waals surface area contributed by atoms with E-state index in [9.17, 15) is 13.2 Å². The molecule has 0 aromatic heterocycles. The second-order valence-electron chi connectivity index (χ2n) is 6.78. The Morgan fingerprint density at radius 3 is 2.59 bits per heavy atom. The van der Waals surface area contributed by atoms with Gasteiger partial charge in [-0.1, -0.05) is 24.3 Å². The predicted octanol–water partition coefficient (Wildman–Crippen LogP) is 2.75. The van der Waals surface area contributed by atoms with Gasteiger partial charge < -0.3 is 9.64 Å². The van der Waals surface area contributed by atoms with Crippen LogP contribution in [0.5, 0.6) is 5.75 Å². The Morgan fingerprint density at radius 2 is 1.93 bits per heavy atom. The van der Waals surface area contributed by atoms with Crippen molar-refractivity contribution in [3.05, 3.63) is 53.6 Å². The Bertz CT molecular complexity index is 972. The summed E-state index contributed by atoms with van der Waals surface area (Å²) in [6, 6.07) is 12.1. The van der Waals surface area contributed by atoms with E-state index in [1.54, 1.807) is 24.0 Å². The number of hydrogen-bond donors (Lipinski definition) is 0. The van der Waals surface area contributed by atoms with Crippen molar-refractivity contribution in [3.63, 3.8) is 0 Å². The number of ether oxygens (including phenoxy) is 1. The van der Waals surface area contributed by atoms with E-state index in [1.165, 1.54) is 7.11 Å². The van der Waals surface area contributed by atoms with E-state index in [2.05, 4.69) is 0 Å². The summed E-state index contributed by atoms with van der Waals surface area (Å²) in [5.41, 5.74) is 3.19. The van der Waals surface area contributed by atoms with Crippen LogP contribution in [0.1, 0.15) is 18.1 Å². The molecule has 0 N–H and O–H groups in total. The second kappa shape index (κ2) is 7.23. The third-order valence-electron chi connectivity index (χ3n) is 4.79. The van der Waals surface area contributed by atoms with Gasteiger partial charge in [-0.3, -0.25) is 9.10 Å². The molecule has 1 aliphatic rings. The summed E-state index contributed by atoms with van der Waals surface area (Å²) in [5, 5.41) is 0. The Balaban J connectivity index is 2.02. The first-order valence-corrected chi connectivity index (χ1v) is 10.6. The van der Waals surface area contributed by atoms with Crippen LogP contribution in [0.3, 0.4) is 0 Å². The molecule has 144 valence electrons. The van der Waals surface area contributed by atoms with Gasteiger partial charge in [-0.25, -0.2) is 8.42 Å². The molecular formula is C20H24N2O4S. The molecule has 1 heterocycles. The molecule has 1 amide bonds. The summed E-state index contributed by atoms with van der Waals surface area (Å²) in [5.74, 6) is 0.154. The van der Waals surface area contributed by atoms with Crippen LogP contribution in [0.4, 0.5) is 11.4 Å². The minimum atomic E-state index is -3.71. The quantitative estimate of drug-likeness (QED) is 0.790. The molecule has 0 saturated carbocycles. The summed E-state index contributed by atoms with van der Waals surface area (Å²) in [6.45, 7) is 4.03. The van der Waals surface area contributed by atoms with Gasteiger partial charge in [0.25, 0.3) is 5.91 Å². The average molecular weight is 388 g/mol. The number of para-hydroxylation sites is 1. The van der Waals surface area contributed by atoms with Crippen LogP contribution < -0.4 is 13.9 Å². The molecule has 0 radical (unpaired) electrons. The molecule has 27 heavy (non-hydrogen) atoms. The summed E-state index contributed by atoms with van der Waals surface area (Å²) in [7, 11) is -2.23. The largest absolute Gasteiger partial charge is 0.495 e. The lowest BCUT2D eigenvalue weighted by molar-refractivity contribution is -0.119. The van der Waals surface area contributed by atoms with E-state index in [0.717, 1.165) is 33.8 Å². The molecule has 1 atom stereocenters. The number of benzene rings is 2. The van der Waals surface area contributed by atoms with E-state index >= 15 is 0 Å². The zero-order valence-electron chi connectivity index (χ0n) is 16.0. The maximum atomic E-state index is 13.2. The van der Waals surface area contributed by atoms with E-state index in [1.807, 2.05) is 37.3 Å². The fourth-order valence-electron chi connectivity index (χ4n) is 3.54. The smallest absolute Gasteiger partial charge is 0.250 e. The summed E-state index contributed by atoms with van der Waals surface area (Å²) >= 11 is 0. The first-order chi connectivity index (χ1) is 12.7. The maximum Gasteiger partial charge on any atom is 0.250 e. The fraction of sp³-hybridized carbons (Fsp3) is 0.350. The number of carbonyl (C=O) groups excluding carboxylic acids is 1. The van der Waals surface area contributed by atoms with Crippen molar-refractivity contribution in [2.75, 3.05) is 29.1 Å². The van der Waals surface area contributed by atoms with Crippen molar-refractivity contribution in [2.45, 2.75) is 26.3 Å². The molecule has 3 rings (SSSR count). The highest BCUT2D eigenvalue weighted by molar-refractivity contribution is 7.92. The zero-order valence-corrected chi connectivity index (χ0v) is 16.8. The number of hydrogen-bond acceptors (Lipinski definition) is 4. The molecule has 6 nitrogen and oxygen atoms in total. The summed E-state index contributed by atoms with van der Waals surface area (Å²) < 4.78 is 31.7. The highest BCUT2D eigenvalue weighted by Crippen LogP contribution is 2.34. The van der Waals surface area contributed by atoms with Crippen molar-refractivity contribution < 1.29 is 17.9 Å². The lowest BCUT2D eigenvalue weighted by Gasteiger charge is -2.32. The number of sulfonamides is 1. The van der Waals surface area contributed by atoms with Crippen LogP contribution >= 0.6 is 0 Å². The maximum absolute atomic E-state index is 13.2. The van der Waals surface area contributed by atoms with Gasteiger partial charge in [0.15, 0.2) is 0 Å². The summed E-state index contributed by atoms with van der Waals surface area (Å²) in [6.07, 6.45) is 1.87. The van der Waals surface area contributed by atoms with Crippen LogP contribution in [0.15, 0.2) is 42.5 Å². The molecule has 0 bridgehead atoms. The monoisotopic (exact) mass is 388 g/mol. The molecule has 0 unspecified atom stereocenters. The van der Waals surface area contributed by atoms with Gasteiger partial charge in [0, 0.05) is 12.2 Å². The SMILES string of the molecule is COc1ccc(C)cc1N([C@@H](C)C(=O)N1CCc2ccccc21)S(C)(=O)=O. The highest BCUT2D eigenvalue weighted by atomic mass is 32.2. The first-order valence-electron chi connectivity index (χ1n) is 8.77. The van der Waals surface area contributed by atoms with Crippen molar-refractivity contribution in [3.8, 4) is 5.75 Å². The number of rotatable bonds is 5. The molecule has 0 aliphatic carbocycles. The summed E-state index contributed by atoms with van der Waals surface area (Å²) in [4.78, 5) is 14.9. The Labute approximate surface area is 160 Å². The molecule has 2 aromatic rings. The molecule has 2 aromatic carbocycles. The van der Waals surface area contributed by atoms with Crippen LogP contribution in [0.25, 0.3) is 0 Å². The minimum absolute atomic E-state index is 0.256. The zero-order chi connectivity index (χ0) is 19.8. The van der Waals surface area contributed by atoms with Gasteiger partial charge in [-0.15, -0.1) is 0 Å². The number of aryl methyl sites for hydroxylation is 1. The lowest BCUT2D eigenvalue weighted by Crippen LogP contribution is -2.49. The standard InChI is InChI=1S/C20H24N2O4S/c1-14-9-10-19(26-3)18(13-14)22(27(4,24)25)15(2)20(23)21-12-11-16-7-5-6-8-17(16)21/h5-10,13,15H,11-12H2,1-4H3/t15-/m0/s1. The van der Waals surface area contributed by atoms with Crippen LogP contribution in [-0.2, 0) is 21.2 Å². The highest BCUT2D eigenvalue weighted by Gasteiger charge is 2.36. The van der Waals surface area contributed by atoms with Gasteiger partial charge in [0.05, 0.1) is 19.1 Å². The molecular weight excluding hydrogens is 364 g/mol. The van der Waals surface area contributed by atoms with Gasteiger partial charge >= 0.3 is 0 Å². The predicted molar refractivity (Wildman–Crippen MR) is 107 cm³/mol. The number of amides is 1. The van der Waals surface area contributed by atoms with Gasteiger partial charge in [-0.2, -0.15) is 0 Å². The molecule has 0 saturated heterocycles. The van der Waals surface area contributed by atoms with Crippen LogP contribution in [-0.4, -0.2) is 40.3 Å². The third-order valence-corrected chi connectivity index (χ3v) is 6.02. The van der Waals surface area contributed by atoms with Gasteiger partial charge in [0.2, 0.25) is 10.0 Å². The first kappa shape index (κ1) is 19.2. The topological polar surface area (TPSA) is 66.9 Å². The number of fused-ring (bicyclic) bond motifs is 1. The fourth-order valence-corrected chi connectivity index (χ4v) is 4.70. The lowest BCUT2D eigenvalue weighted by atomic mass is 10.1. The third kappa shape index (κ3) is 3.64. The normalized spacial score (nSPS) is 14.6. The van der Waals surface area contributed by atoms with Crippen molar-refractivity contribution in [2.24, 2.45) is 0 Å². The Hall–Kier alpha value is -2.54. The van der Waals surface area contributed by atoms with Gasteiger partial charge in [0.1, 0.15) is 11.8 Å². The van der Waals surface area contributed by atoms with E-state index in [0.29, 0.717) is 18.0 Å². The minimum Gasteiger partial charge on any atom is -0.495 e. The van der Waals surface area contributed by atoms with Crippen molar-refractivity contribution in [1.82, 2.24) is 0 Å². The Kier molecular flexibility index (Phi) is 5.15. The van der Waals surface area contributed by atoms with E-state index in [4.69, 9.17) is 4.74 Å². The number of carbonyl (C=O) groups is 1. The molecule has 0 spiro atoms. The van der Waals surface area contributed by atoms with Crippen molar-refractivity contribution in [1.29, 1.82) is 0 Å². The number of methoxy groups -OCH3 is 1. The van der Waals surface area contributed by atoms with Crippen LogP contribution in [0.2, 0.25) is 0 Å². The number of anilines is 2. The van der Waals surface area contributed by atoms with Crippen molar-refractivity contribution >= 4 is 27.3 Å². The Morgan fingerprint density at radius 1 is 1.22 bits per heavy atom. The van der Waals surface area contributed by atoms with Crippen LogP contribution in [0, 0.1) is 6.92 Å². The number of nitrogens with zero attached hydrogens (tertiary/aromatic N) is 2. The second-order valence-corrected chi connectivity index (χ2v) is 8.64. The molecule has 1 aliphatic heterocycles. The van der Waals surface area contributed by atoms with E-state index in [-0.39, 0.29) is 5.91 Å². The molecule has 0 fully saturated rings. The average Bonchev–Trinajstić information content (AvgIpc) is 3.04. The molecule has 7 heteroatoms.